The van der Waals surface area contributed by atoms with Crippen LogP contribution in [0.1, 0.15) is 22.2 Å². The minimum absolute atomic E-state index is 0.0772. The molecule has 0 amide bonds. The van der Waals surface area contributed by atoms with Gasteiger partial charge < -0.3 is 14.9 Å². The predicted molar refractivity (Wildman–Crippen MR) is 52.7 cm³/mol. The SMILES string of the molecule is COCC(C)(O)c1sccc1C(=O)O. The van der Waals surface area contributed by atoms with Gasteiger partial charge in [-0.1, -0.05) is 0 Å². The van der Waals surface area contributed by atoms with Crippen LogP contribution in [0.3, 0.4) is 0 Å². The summed E-state index contributed by atoms with van der Waals surface area (Å²) in [7, 11) is 1.46. The Hall–Kier alpha value is -0.910. The van der Waals surface area contributed by atoms with E-state index in [0.717, 1.165) is 0 Å². The van der Waals surface area contributed by atoms with E-state index >= 15 is 0 Å². The Kier molecular flexibility index (Phi) is 3.25. The van der Waals surface area contributed by atoms with Crippen LogP contribution in [0.25, 0.3) is 0 Å². The quantitative estimate of drug-likeness (QED) is 0.796. The zero-order chi connectivity index (χ0) is 10.8. The number of hydrogen-bond acceptors (Lipinski definition) is 4. The van der Waals surface area contributed by atoms with Gasteiger partial charge in [0.2, 0.25) is 0 Å². The second-order valence-electron chi connectivity index (χ2n) is 3.18. The molecule has 0 aromatic carbocycles. The Morgan fingerprint density at radius 2 is 2.36 bits per heavy atom. The van der Waals surface area contributed by atoms with Crippen molar-refractivity contribution in [2.75, 3.05) is 13.7 Å². The van der Waals surface area contributed by atoms with Crippen LogP contribution in [0, 0.1) is 0 Å². The second kappa shape index (κ2) is 4.08. The standard InChI is InChI=1S/C9H12O4S/c1-9(12,5-13-2)7-6(8(10)11)3-4-14-7/h3-4,12H,5H2,1-2H3,(H,10,11). The molecule has 1 unspecified atom stereocenters. The summed E-state index contributed by atoms with van der Waals surface area (Å²) in [4.78, 5) is 11.2. The van der Waals surface area contributed by atoms with Gasteiger partial charge in [0.25, 0.3) is 0 Å². The maximum absolute atomic E-state index is 10.8. The summed E-state index contributed by atoms with van der Waals surface area (Å²) in [6.45, 7) is 1.61. The van der Waals surface area contributed by atoms with Crippen LogP contribution >= 0.6 is 11.3 Å². The lowest BCUT2D eigenvalue weighted by Gasteiger charge is -2.21. The van der Waals surface area contributed by atoms with Gasteiger partial charge >= 0.3 is 5.97 Å². The number of aliphatic hydroxyl groups is 1. The molecule has 14 heavy (non-hydrogen) atoms. The summed E-state index contributed by atoms with van der Waals surface area (Å²) in [6.07, 6.45) is 0. The molecular formula is C9H12O4S. The molecule has 1 atom stereocenters. The van der Waals surface area contributed by atoms with Crippen LogP contribution in [0.15, 0.2) is 11.4 Å². The molecule has 0 saturated carbocycles. The third-order valence-corrected chi connectivity index (χ3v) is 2.98. The average molecular weight is 216 g/mol. The lowest BCUT2D eigenvalue weighted by molar-refractivity contribution is -0.0188. The van der Waals surface area contributed by atoms with Gasteiger partial charge in [0.05, 0.1) is 17.0 Å². The molecule has 1 aromatic heterocycles. The Bertz CT molecular complexity index is 329. The molecule has 0 radical (unpaired) electrons. The van der Waals surface area contributed by atoms with Crippen molar-refractivity contribution in [2.24, 2.45) is 0 Å². The molecule has 2 N–H and O–H groups in total. The number of thiophene rings is 1. The van der Waals surface area contributed by atoms with Gasteiger partial charge in [-0.15, -0.1) is 11.3 Å². The molecule has 0 aliphatic heterocycles. The molecule has 1 rings (SSSR count). The molecule has 0 bridgehead atoms. The molecule has 1 aromatic rings. The summed E-state index contributed by atoms with van der Waals surface area (Å²) in [5, 5.41) is 20.4. The highest BCUT2D eigenvalue weighted by molar-refractivity contribution is 7.10. The lowest BCUT2D eigenvalue weighted by Crippen LogP contribution is -2.27. The van der Waals surface area contributed by atoms with E-state index in [4.69, 9.17) is 9.84 Å². The first-order valence-corrected chi connectivity index (χ1v) is 4.89. The van der Waals surface area contributed by atoms with Gasteiger partial charge in [-0.25, -0.2) is 4.79 Å². The number of hydrogen-bond donors (Lipinski definition) is 2. The van der Waals surface area contributed by atoms with Crippen molar-refractivity contribution in [2.45, 2.75) is 12.5 Å². The number of carbonyl (C=O) groups is 1. The molecule has 4 nitrogen and oxygen atoms in total. The van der Waals surface area contributed by atoms with E-state index < -0.39 is 11.6 Å². The average Bonchev–Trinajstić information content (AvgIpc) is 2.51. The van der Waals surface area contributed by atoms with E-state index in [-0.39, 0.29) is 12.2 Å². The van der Waals surface area contributed by atoms with Crippen molar-refractivity contribution in [1.82, 2.24) is 0 Å². The molecule has 0 fully saturated rings. The third-order valence-electron chi connectivity index (χ3n) is 1.81. The Morgan fingerprint density at radius 1 is 1.71 bits per heavy atom. The number of carboxylic acids is 1. The van der Waals surface area contributed by atoms with Gasteiger partial charge in [0, 0.05) is 7.11 Å². The number of ether oxygens (including phenoxy) is 1. The van der Waals surface area contributed by atoms with Crippen molar-refractivity contribution >= 4 is 17.3 Å². The van der Waals surface area contributed by atoms with Crippen molar-refractivity contribution < 1.29 is 19.7 Å². The maximum Gasteiger partial charge on any atom is 0.336 e. The highest BCUT2D eigenvalue weighted by Gasteiger charge is 2.29. The first kappa shape index (κ1) is 11.2. The Morgan fingerprint density at radius 3 is 2.86 bits per heavy atom. The Labute approximate surface area is 85.8 Å². The third kappa shape index (κ3) is 2.12. The van der Waals surface area contributed by atoms with Crippen LogP contribution < -0.4 is 0 Å². The molecule has 0 spiro atoms. The fraction of sp³-hybridized carbons (Fsp3) is 0.444. The van der Waals surface area contributed by atoms with Crippen molar-refractivity contribution in [1.29, 1.82) is 0 Å². The summed E-state index contributed by atoms with van der Waals surface area (Å²) in [5.74, 6) is -1.03. The van der Waals surface area contributed by atoms with Crippen LogP contribution in [0.4, 0.5) is 0 Å². The zero-order valence-corrected chi connectivity index (χ0v) is 8.80. The van der Waals surface area contributed by atoms with Crippen LogP contribution in [-0.4, -0.2) is 29.9 Å². The van der Waals surface area contributed by atoms with E-state index in [0.29, 0.717) is 4.88 Å². The minimum atomic E-state index is -1.24. The van der Waals surface area contributed by atoms with Gasteiger partial charge in [0.15, 0.2) is 0 Å². The maximum atomic E-state index is 10.8. The predicted octanol–water partition coefficient (Wildman–Crippen LogP) is 1.30. The molecule has 1 heterocycles. The van der Waals surface area contributed by atoms with Crippen molar-refractivity contribution in [3.8, 4) is 0 Å². The minimum Gasteiger partial charge on any atom is -0.478 e. The summed E-state index contributed by atoms with van der Waals surface area (Å²) in [6, 6.07) is 1.48. The smallest absolute Gasteiger partial charge is 0.336 e. The molecule has 0 aliphatic rings. The highest BCUT2D eigenvalue weighted by atomic mass is 32.1. The van der Waals surface area contributed by atoms with Crippen molar-refractivity contribution in [3.05, 3.63) is 21.9 Å². The number of aromatic carboxylic acids is 1. The monoisotopic (exact) mass is 216 g/mol. The number of carboxylic acid groups (broad SMARTS) is 1. The topological polar surface area (TPSA) is 66.8 Å². The first-order chi connectivity index (χ1) is 6.49. The van der Waals surface area contributed by atoms with Crippen molar-refractivity contribution in [3.63, 3.8) is 0 Å². The molecule has 5 heteroatoms. The van der Waals surface area contributed by atoms with E-state index in [9.17, 15) is 9.90 Å². The van der Waals surface area contributed by atoms with Crippen LogP contribution in [0.5, 0.6) is 0 Å². The Balaban J connectivity index is 3.05. The summed E-state index contributed by atoms with van der Waals surface area (Å²) >= 11 is 1.21. The lowest BCUT2D eigenvalue weighted by atomic mass is 10.0. The largest absolute Gasteiger partial charge is 0.478 e. The molecule has 0 saturated heterocycles. The molecular weight excluding hydrogens is 204 g/mol. The van der Waals surface area contributed by atoms with Gasteiger partial charge in [-0.05, 0) is 18.4 Å². The number of rotatable bonds is 4. The normalized spacial score (nSPS) is 15.1. The van der Waals surface area contributed by atoms with E-state index in [1.165, 1.54) is 31.4 Å². The fourth-order valence-electron chi connectivity index (χ4n) is 1.24. The zero-order valence-electron chi connectivity index (χ0n) is 7.98. The van der Waals surface area contributed by atoms with Gasteiger partial charge in [0.1, 0.15) is 5.60 Å². The van der Waals surface area contributed by atoms with Gasteiger partial charge in [-0.2, -0.15) is 0 Å². The van der Waals surface area contributed by atoms with Crippen LogP contribution in [0.2, 0.25) is 0 Å². The summed E-state index contributed by atoms with van der Waals surface area (Å²) < 4.78 is 4.83. The van der Waals surface area contributed by atoms with E-state index in [1.807, 2.05) is 0 Å². The van der Waals surface area contributed by atoms with Crippen LogP contribution in [-0.2, 0) is 10.3 Å². The number of methoxy groups -OCH3 is 1. The fourth-order valence-corrected chi connectivity index (χ4v) is 2.18. The first-order valence-electron chi connectivity index (χ1n) is 4.01. The summed E-state index contributed by atoms with van der Waals surface area (Å²) in [5.41, 5.74) is -1.10. The van der Waals surface area contributed by atoms with Gasteiger partial charge in [-0.3, -0.25) is 0 Å². The van der Waals surface area contributed by atoms with E-state index in [1.54, 1.807) is 5.38 Å². The molecule has 0 aliphatic carbocycles. The highest BCUT2D eigenvalue weighted by Crippen LogP contribution is 2.29. The van der Waals surface area contributed by atoms with E-state index in [2.05, 4.69) is 0 Å². The molecule has 78 valence electrons. The second-order valence-corrected chi connectivity index (χ2v) is 4.09.